The fraction of sp³-hybridized carbons (Fsp3) is 0. The Labute approximate surface area is 363 Å². The number of nitrogens with zero attached hydrogens (tertiary/aromatic N) is 1. The van der Waals surface area contributed by atoms with E-state index in [1.54, 1.807) is 0 Å². The van der Waals surface area contributed by atoms with Gasteiger partial charge in [0.05, 0.1) is 16.8 Å². The van der Waals surface area contributed by atoms with Crippen molar-refractivity contribution in [2.75, 3.05) is 4.90 Å². The SMILES string of the molecule is c1ccc(-c2cccc3c2oc2cccc(N(c4ccc5c(ccc6ccccc65)c4)c4ccc(-c5ccc(-c6ccccc6)c6oc7ccccc7c56)c5ccccc45)c23)cc1. The van der Waals surface area contributed by atoms with Gasteiger partial charge in [0.1, 0.15) is 22.3 Å². The van der Waals surface area contributed by atoms with Crippen LogP contribution < -0.4 is 4.90 Å². The minimum absolute atomic E-state index is 0.844. The Hall–Kier alpha value is -8.40. The van der Waals surface area contributed by atoms with Gasteiger partial charge in [0, 0.05) is 38.4 Å². The zero-order valence-electron chi connectivity index (χ0n) is 34.1. The molecular weight excluding hydrogens is 767 g/mol. The van der Waals surface area contributed by atoms with E-state index in [0.29, 0.717) is 0 Å². The summed E-state index contributed by atoms with van der Waals surface area (Å²) in [5.41, 5.74) is 13.4. The van der Waals surface area contributed by atoms with Crippen LogP contribution in [0, 0.1) is 0 Å². The summed E-state index contributed by atoms with van der Waals surface area (Å²) in [6.07, 6.45) is 0. The molecule has 11 aromatic carbocycles. The Kier molecular flexibility index (Phi) is 7.91. The van der Waals surface area contributed by atoms with E-state index in [1.807, 2.05) is 6.07 Å². The Bertz CT molecular complexity index is 3920. The number of anilines is 3. The predicted molar refractivity (Wildman–Crippen MR) is 265 cm³/mol. The summed E-state index contributed by atoms with van der Waals surface area (Å²) >= 11 is 0. The lowest BCUT2D eigenvalue weighted by molar-refractivity contribution is 0.669. The molecule has 3 heteroatoms. The first-order valence-corrected chi connectivity index (χ1v) is 21.5. The third-order valence-corrected chi connectivity index (χ3v) is 12.9. The molecule has 63 heavy (non-hydrogen) atoms. The number of hydrogen-bond acceptors (Lipinski definition) is 3. The largest absolute Gasteiger partial charge is 0.455 e. The summed E-state index contributed by atoms with van der Waals surface area (Å²) in [6, 6.07) is 80.4. The van der Waals surface area contributed by atoms with Gasteiger partial charge in [0.25, 0.3) is 0 Å². The minimum Gasteiger partial charge on any atom is -0.455 e. The number of rotatable bonds is 6. The van der Waals surface area contributed by atoms with Crippen LogP contribution in [0.4, 0.5) is 17.1 Å². The molecule has 13 aromatic rings. The normalized spacial score (nSPS) is 11.8. The lowest BCUT2D eigenvalue weighted by atomic mass is 9.91. The first kappa shape index (κ1) is 35.4. The molecule has 3 nitrogen and oxygen atoms in total. The number of benzene rings is 11. The van der Waals surface area contributed by atoms with Gasteiger partial charge in [-0.1, -0.05) is 182 Å². The summed E-state index contributed by atoms with van der Waals surface area (Å²) in [4.78, 5) is 2.44. The summed E-state index contributed by atoms with van der Waals surface area (Å²) in [5, 5.41) is 11.5. The van der Waals surface area contributed by atoms with Crippen molar-refractivity contribution in [3.63, 3.8) is 0 Å². The van der Waals surface area contributed by atoms with Crippen LogP contribution in [0.3, 0.4) is 0 Å². The number of para-hydroxylation sites is 2. The lowest BCUT2D eigenvalue weighted by Crippen LogP contribution is -2.11. The fourth-order valence-corrected chi connectivity index (χ4v) is 10.0. The molecule has 2 heterocycles. The number of furan rings is 2. The molecule has 0 spiro atoms. The highest BCUT2D eigenvalue weighted by atomic mass is 16.3. The predicted octanol–water partition coefficient (Wildman–Crippen LogP) is 17.4. The molecule has 0 saturated carbocycles. The maximum absolute atomic E-state index is 6.86. The van der Waals surface area contributed by atoms with Crippen molar-refractivity contribution in [2.45, 2.75) is 0 Å². The van der Waals surface area contributed by atoms with Crippen LogP contribution in [0.1, 0.15) is 0 Å². The molecular formula is C60H37NO2. The molecule has 0 atom stereocenters. The highest BCUT2D eigenvalue weighted by Gasteiger charge is 2.25. The maximum atomic E-state index is 6.86. The minimum atomic E-state index is 0.844. The molecule has 0 fully saturated rings. The Morgan fingerprint density at radius 3 is 1.70 bits per heavy atom. The number of fused-ring (bicyclic) bond motifs is 10. The van der Waals surface area contributed by atoms with Gasteiger partial charge >= 0.3 is 0 Å². The summed E-state index contributed by atoms with van der Waals surface area (Å²) in [5.74, 6) is 0. The lowest BCUT2D eigenvalue weighted by Gasteiger charge is -2.28. The highest BCUT2D eigenvalue weighted by Crippen LogP contribution is 2.50. The molecule has 0 bridgehead atoms. The molecule has 0 amide bonds. The van der Waals surface area contributed by atoms with Gasteiger partial charge in [-0.3, -0.25) is 0 Å². The second-order valence-corrected chi connectivity index (χ2v) is 16.3. The molecule has 13 rings (SSSR count). The molecule has 0 aliphatic heterocycles. The van der Waals surface area contributed by atoms with E-state index in [1.165, 1.54) is 21.5 Å². The van der Waals surface area contributed by atoms with Gasteiger partial charge in [-0.05, 0) is 91.6 Å². The van der Waals surface area contributed by atoms with Gasteiger partial charge in [0.2, 0.25) is 0 Å². The van der Waals surface area contributed by atoms with E-state index in [9.17, 15) is 0 Å². The van der Waals surface area contributed by atoms with Crippen LogP contribution in [0.2, 0.25) is 0 Å². The average molecular weight is 804 g/mol. The van der Waals surface area contributed by atoms with Crippen molar-refractivity contribution in [3.05, 3.63) is 224 Å². The molecule has 0 radical (unpaired) electrons. The highest BCUT2D eigenvalue weighted by molar-refractivity contribution is 6.21. The summed E-state index contributed by atoms with van der Waals surface area (Å²) in [6.45, 7) is 0. The molecule has 0 saturated heterocycles. The van der Waals surface area contributed by atoms with Crippen LogP contribution in [-0.2, 0) is 0 Å². The zero-order chi connectivity index (χ0) is 41.4. The van der Waals surface area contributed by atoms with E-state index in [0.717, 1.165) is 105 Å². The Morgan fingerprint density at radius 1 is 0.286 bits per heavy atom. The molecule has 294 valence electrons. The summed E-state index contributed by atoms with van der Waals surface area (Å²) in [7, 11) is 0. The summed E-state index contributed by atoms with van der Waals surface area (Å²) < 4.78 is 13.6. The second-order valence-electron chi connectivity index (χ2n) is 16.3. The number of hydrogen-bond donors (Lipinski definition) is 0. The Morgan fingerprint density at radius 2 is 0.873 bits per heavy atom. The van der Waals surface area contributed by atoms with Crippen molar-refractivity contribution in [2.24, 2.45) is 0 Å². The monoisotopic (exact) mass is 803 g/mol. The van der Waals surface area contributed by atoms with Gasteiger partial charge in [-0.25, -0.2) is 0 Å². The molecule has 0 aliphatic carbocycles. The van der Waals surface area contributed by atoms with Crippen LogP contribution in [0.25, 0.3) is 110 Å². The third kappa shape index (κ3) is 5.53. The molecule has 0 aliphatic rings. The maximum Gasteiger partial charge on any atom is 0.143 e. The van der Waals surface area contributed by atoms with Crippen LogP contribution in [0.5, 0.6) is 0 Å². The van der Waals surface area contributed by atoms with E-state index in [4.69, 9.17) is 8.83 Å². The van der Waals surface area contributed by atoms with E-state index in [2.05, 4.69) is 223 Å². The molecule has 0 unspecified atom stereocenters. The smallest absolute Gasteiger partial charge is 0.143 e. The molecule has 2 aromatic heterocycles. The van der Waals surface area contributed by atoms with Crippen molar-refractivity contribution in [1.29, 1.82) is 0 Å². The first-order valence-electron chi connectivity index (χ1n) is 21.5. The van der Waals surface area contributed by atoms with Crippen LogP contribution in [-0.4, -0.2) is 0 Å². The first-order chi connectivity index (χ1) is 31.3. The van der Waals surface area contributed by atoms with Crippen LogP contribution in [0.15, 0.2) is 233 Å². The van der Waals surface area contributed by atoms with Crippen molar-refractivity contribution in [1.82, 2.24) is 0 Å². The van der Waals surface area contributed by atoms with Crippen LogP contribution >= 0.6 is 0 Å². The van der Waals surface area contributed by atoms with Crippen molar-refractivity contribution < 1.29 is 8.83 Å². The van der Waals surface area contributed by atoms with Gasteiger partial charge in [-0.2, -0.15) is 0 Å². The topological polar surface area (TPSA) is 29.5 Å². The Balaban J connectivity index is 1.08. The van der Waals surface area contributed by atoms with Gasteiger partial charge < -0.3 is 13.7 Å². The van der Waals surface area contributed by atoms with Crippen molar-refractivity contribution >= 4 is 93.3 Å². The van der Waals surface area contributed by atoms with Gasteiger partial charge in [-0.15, -0.1) is 0 Å². The third-order valence-electron chi connectivity index (χ3n) is 12.9. The van der Waals surface area contributed by atoms with Gasteiger partial charge in [0.15, 0.2) is 0 Å². The fourth-order valence-electron chi connectivity index (χ4n) is 10.0. The van der Waals surface area contributed by atoms with Crippen molar-refractivity contribution in [3.8, 4) is 33.4 Å². The second kappa shape index (κ2) is 14.1. The zero-order valence-corrected chi connectivity index (χ0v) is 34.1. The average Bonchev–Trinajstić information content (AvgIpc) is 3.94. The van der Waals surface area contributed by atoms with E-state index < -0.39 is 0 Å². The van der Waals surface area contributed by atoms with E-state index in [-0.39, 0.29) is 0 Å². The quantitative estimate of drug-likeness (QED) is 0.157. The standard InChI is InChI=1S/C60H37NO2/c1-3-15-38(16-4-1)45-24-13-25-52-58-54(26-14-28-56(58)63-59(45)52)61(42-31-32-44-41(37-42)30-29-40-19-7-8-20-43(40)44)53-36-35-48(47-21-9-10-22-49(47)53)50-34-33-46(39-17-5-2-6-18-39)60-57(50)51-23-11-12-27-55(51)62-60/h1-37H. The van der Waals surface area contributed by atoms with E-state index >= 15 is 0 Å². The molecule has 0 N–H and O–H groups in total.